The quantitative estimate of drug-likeness (QED) is 0.202. The number of fused-ring (bicyclic) bond motifs is 6. The van der Waals surface area contributed by atoms with Crippen LogP contribution in [0.3, 0.4) is 0 Å². The monoisotopic (exact) mass is 603 g/mol. The first-order chi connectivity index (χ1) is 20.4. The first-order valence-electron chi connectivity index (χ1n) is 12.4. The second kappa shape index (κ2) is 9.83. The predicted molar refractivity (Wildman–Crippen MR) is 163 cm³/mol. The molecule has 0 amide bonds. The van der Waals surface area contributed by atoms with Gasteiger partial charge in [-0.15, -0.1) is 34.0 Å². The van der Waals surface area contributed by atoms with E-state index in [9.17, 15) is 13.2 Å². The summed E-state index contributed by atoms with van der Waals surface area (Å²) in [5, 5.41) is 30.3. The molecule has 0 bridgehead atoms. The SMILES string of the molecule is N#Cc1ccc(-c2cc3c(s2)c2cc(-c4ccc(C#N)c(F)c4)sc2c2cc(-c4ccc(C#N)c(F)c4)sc32)cc1F. The normalized spacial score (nSPS) is 11.1. The smallest absolute Gasteiger partial charge is 0.141 e. The van der Waals surface area contributed by atoms with E-state index in [0.717, 1.165) is 44.9 Å². The molecule has 9 heteroatoms. The zero-order chi connectivity index (χ0) is 29.1. The van der Waals surface area contributed by atoms with Crippen molar-refractivity contribution in [3.63, 3.8) is 0 Å². The van der Waals surface area contributed by atoms with Crippen LogP contribution in [0.2, 0.25) is 0 Å². The van der Waals surface area contributed by atoms with Crippen LogP contribution in [0, 0.1) is 51.4 Å². The first-order valence-corrected chi connectivity index (χ1v) is 14.9. The number of thiophene rings is 3. The van der Waals surface area contributed by atoms with Crippen LogP contribution in [-0.2, 0) is 0 Å². The number of nitriles is 3. The molecule has 7 rings (SSSR count). The highest BCUT2D eigenvalue weighted by atomic mass is 32.1. The van der Waals surface area contributed by atoms with E-state index in [4.69, 9.17) is 15.8 Å². The predicted octanol–water partition coefficient (Wildman–Crippen LogP) is 10.4. The topological polar surface area (TPSA) is 71.4 Å². The third kappa shape index (κ3) is 4.05. The van der Waals surface area contributed by atoms with Crippen molar-refractivity contribution in [1.29, 1.82) is 15.8 Å². The third-order valence-electron chi connectivity index (χ3n) is 7.05. The lowest BCUT2D eigenvalue weighted by atomic mass is 10.1. The molecule has 0 aliphatic rings. The van der Waals surface area contributed by atoms with Gasteiger partial charge in [-0.1, -0.05) is 18.2 Å². The molecule has 3 aromatic heterocycles. The maximum atomic E-state index is 14.5. The minimum Gasteiger partial charge on any atom is -0.206 e. The number of hydrogen-bond donors (Lipinski definition) is 0. The lowest BCUT2D eigenvalue weighted by molar-refractivity contribution is 0.624. The van der Waals surface area contributed by atoms with Crippen molar-refractivity contribution in [2.45, 2.75) is 0 Å². The minimum atomic E-state index is -0.593. The van der Waals surface area contributed by atoms with Gasteiger partial charge in [-0.3, -0.25) is 0 Å². The van der Waals surface area contributed by atoms with E-state index in [1.807, 2.05) is 36.4 Å². The van der Waals surface area contributed by atoms with Gasteiger partial charge in [-0.2, -0.15) is 15.8 Å². The fraction of sp³-hybridized carbons (Fsp3) is 0. The fourth-order valence-electron chi connectivity index (χ4n) is 4.98. The van der Waals surface area contributed by atoms with Crippen molar-refractivity contribution >= 4 is 64.3 Å². The van der Waals surface area contributed by atoms with Gasteiger partial charge in [-0.25, -0.2) is 13.2 Å². The number of benzene rings is 4. The molecule has 3 heterocycles. The Morgan fingerprint density at radius 3 is 0.952 bits per heavy atom. The van der Waals surface area contributed by atoms with Gasteiger partial charge in [0.25, 0.3) is 0 Å². The van der Waals surface area contributed by atoms with Gasteiger partial charge < -0.3 is 0 Å². The van der Waals surface area contributed by atoms with Gasteiger partial charge in [0.05, 0.1) is 16.7 Å². The second-order valence-electron chi connectivity index (χ2n) is 9.48. The molecule has 0 unspecified atom stereocenters. The molecule has 4 aromatic carbocycles. The van der Waals surface area contributed by atoms with Crippen LogP contribution in [0.1, 0.15) is 16.7 Å². The lowest BCUT2D eigenvalue weighted by Crippen LogP contribution is -1.83. The number of halogens is 3. The molecule has 0 spiro atoms. The van der Waals surface area contributed by atoms with E-state index in [2.05, 4.69) is 0 Å². The molecule has 0 saturated heterocycles. The van der Waals surface area contributed by atoms with Gasteiger partial charge in [0.1, 0.15) is 35.7 Å². The molecule has 3 nitrogen and oxygen atoms in total. The van der Waals surface area contributed by atoms with Crippen molar-refractivity contribution < 1.29 is 13.2 Å². The highest BCUT2D eigenvalue weighted by molar-refractivity contribution is 7.29. The number of nitrogens with zero attached hydrogens (tertiary/aromatic N) is 3. The first kappa shape index (κ1) is 26.0. The molecular weight excluding hydrogens is 592 g/mol. The zero-order valence-electron chi connectivity index (χ0n) is 21.1. The van der Waals surface area contributed by atoms with E-state index in [1.165, 1.54) is 70.4 Å². The van der Waals surface area contributed by atoms with Crippen molar-refractivity contribution in [2.24, 2.45) is 0 Å². The molecule has 0 saturated carbocycles. The molecular formula is C33H12F3N3S3. The molecule has 7 aromatic rings. The molecule has 0 radical (unpaired) electrons. The molecule has 0 aliphatic heterocycles. The highest BCUT2D eigenvalue weighted by Crippen LogP contribution is 2.50. The fourth-order valence-corrected chi connectivity index (χ4v) is 8.73. The van der Waals surface area contributed by atoms with Crippen molar-refractivity contribution in [3.05, 3.63) is 107 Å². The van der Waals surface area contributed by atoms with Gasteiger partial charge >= 0.3 is 0 Å². The van der Waals surface area contributed by atoms with Crippen LogP contribution in [0.5, 0.6) is 0 Å². The maximum absolute atomic E-state index is 14.5. The third-order valence-corrected chi connectivity index (χ3v) is 10.7. The molecule has 0 atom stereocenters. The van der Waals surface area contributed by atoms with E-state index in [-0.39, 0.29) is 16.7 Å². The van der Waals surface area contributed by atoms with Crippen LogP contribution >= 0.6 is 34.0 Å². The number of rotatable bonds is 3. The van der Waals surface area contributed by atoms with Crippen LogP contribution in [-0.4, -0.2) is 0 Å². The van der Waals surface area contributed by atoms with Crippen LogP contribution in [0.15, 0.2) is 72.8 Å². The Labute approximate surface area is 248 Å². The summed E-state index contributed by atoms with van der Waals surface area (Å²) in [6.07, 6.45) is 0. The van der Waals surface area contributed by atoms with Gasteiger partial charge in [0.2, 0.25) is 0 Å². The summed E-state index contributed by atoms with van der Waals surface area (Å²) >= 11 is 4.49. The molecule has 198 valence electrons. The highest BCUT2D eigenvalue weighted by Gasteiger charge is 2.20. The Morgan fingerprint density at radius 1 is 0.429 bits per heavy atom. The van der Waals surface area contributed by atoms with Crippen LogP contribution in [0.25, 0.3) is 61.6 Å². The Balaban J connectivity index is 1.51. The van der Waals surface area contributed by atoms with E-state index < -0.39 is 17.5 Å². The van der Waals surface area contributed by atoms with Crippen molar-refractivity contribution in [2.75, 3.05) is 0 Å². The number of hydrogen-bond acceptors (Lipinski definition) is 6. The lowest BCUT2D eigenvalue weighted by Gasteiger charge is -1.98. The zero-order valence-corrected chi connectivity index (χ0v) is 23.6. The summed E-state index contributed by atoms with van der Waals surface area (Å²) in [6, 6.07) is 25.2. The van der Waals surface area contributed by atoms with Crippen LogP contribution in [0.4, 0.5) is 13.2 Å². The average Bonchev–Trinajstić information content (AvgIpc) is 3.73. The maximum Gasteiger partial charge on any atom is 0.141 e. The largest absolute Gasteiger partial charge is 0.206 e. The molecule has 0 N–H and O–H groups in total. The van der Waals surface area contributed by atoms with Gasteiger partial charge in [0.15, 0.2) is 0 Å². The van der Waals surface area contributed by atoms with Gasteiger partial charge in [0, 0.05) is 44.9 Å². The van der Waals surface area contributed by atoms with E-state index in [1.54, 1.807) is 18.2 Å². The summed E-state index contributed by atoms with van der Waals surface area (Å²) in [7, 11) is 0. The molecule has 42 heavy (non-hydrogen) atoms. The Kier molecular flexibility index (Phi) is 6.08. The van der Waals surface area contributed by atoms with E-state index in [0.29, 0.717) is 16.7 Å². The summed E-state index contributed by atoms with van der Waals surface area (Å²) in [4.78, 5) is 2.45. The van der Waals surface area contributed by atoms with Gasteiger partial charge in [-0.05, 0) is 71.3 Å². The summed E-state index contributed by atoms with van der Waals surface area (Å²) in [5.41, 5.74) is 1.84. The minimum absolute atomic E-state index is 0.0284. The Morgan fingerprint density at radius 2 is 0.714 bits per heavy atom. The molecule has 0 aliphatic carbocycles. The Hall–Kier alpha value is -4.98. The summed E-state index contributed by atoms with van der Waals surface area (Å²) in [6.45, 7) is 0. The van der Waals surface area contributed by atoms with Crippen molar-refractivity contribution in [1.82, 2.24) is 0 Å². The summed E-state index contributed by atoms with van der Waals surface area (Å²) in [5.74, 6) is -1.78. The van der Waals surface area contributed by atoms with Crippen molar-refractivity contribution in [3.8, 4) is 49.5 Å². The van der Waals surface area contributed by atoms with E-state index >= 15 is 0 Å². The Bertz CT molecular complexity index is 2030. The summed E-state index contributed by atoms with van der Waals surface area (Å²) < 4.78 is 46.5. The molecule has 0 fully saturated rings. The average molecular weight is 604 g/mol. The van der Waals surface area contributed by atoms with Crippen LogP contribution < -0.4 is 0 Å². The standard InChI is InChI=1S/C33H12F3N3S3/c34-25-7-16(1-4-19(25)13-37)28-10-22-31(40-28)23-11-29(17-2-5-20(14-38)26(35)8-17)42-33(23)24-12-30(41-32(22)24)18-3-6-21(15-39)27(36)9-18/h1-12H. The second-order valence-corrected chi connectivity index (χ2v) is 12.6.